The number of nitro benzene ring substituents is 1. The van der Waals surface area contributed by atoms with Crippen molar-refractivity contribution in [3.05, 3.63) is 94.0 Å². The first-order valence-electron chi connectivity index (χ1n) is 10.4. The molecule has 0 aliphatic carbocycles. The number of furan rings is 1. The van der Waals surface area contributed by atoms with E-state index in [2.05, 4.69) is 5.32 Å². The van der Waals surface area contributed by atoms with Crippen LogP contribution in [0.4, 0.5) is 24.7 Å². The average molecular weight is 498 g/mol. The molecule has 8 nitrogen and oxygen atoms in total. The molecule has 3 aromatic carbocycles. The quantitative estimate of drug-likeness (QED) is 0.135. The Bertz CT molecular complexity index is 1450. The number of carbonyl (C=O) groups is 1. The van der Waals surface area contributed by atoms with Gasteiger partial charge in [-0.2, -0.15) is 13.2 Å². The van der Waals surface area contributed by atoms with E-state index < -0.39 is 34.1 Å². The number of halogens is 3. The number of ether oxygens (including phenoxy) is 1. The van der Waals surface area contributed by atoms with Crippen molar-refractivity contribution in [3.8, 4) is 33.9 Å². The van der Waals surface area contributed by atoms with Crippen LogP contribution in [-0.4, -0.2) is 23.0 Å². The summed E-state index contributed by atoms with van der Waals surface area (Å²) in [5.74, 6) is -1.46. The van der Waals surface area contributed by atoms with Crippen molar-refractivity contribution >= 4 is 17.5 Å². The Balaban J connectivity index is 1.69. The number of carbonyl (C=O) groups excluding carboxylic acids is 1. The van der Waals surface area contributed by atoms with Gasteiger partial charge in [0.05, 0.1) is 21.6 Å². The van der Waals surface area contributed by atoms with Crippen LogP contribution in [0.3, 0.4) is 0 Å². The second-order valence-corrected chi connectivity index (χ2v) is 7.51. The molecule has 4 rings (SSSR count). The van der Waals surface area contributed by atoms with Crippen molar-refractivity contribution in [2.75, 3.05) is 12.4 Å². The molecule has 1 heterocycles. The minimum absolute atomic E-state index is 0.0642. The molecule has 36 heavy (non-hydrogen) atoms. The molecule has 0 aliphatic rings. The van der Waals surface area contributed by atoms with Crippen LogP contribution in [0.15, 0.2) is 77.2 Å². The van der Waals surface area contributed by atoms with Crippen LogP contribution in [0, 0.1) is 10.1 Å². The highest BCUT2D eigenvalue weighted by Crippen LogP contribution is 2.46. The summed E-state index contributed by atoms with van der Waals surface area (Å²) in [7, 11) is 1.58. The van der Waals surface area contributed by atoms with Gasteiger partial charge in [-0.3, -0.25) is 10.1 Å². The molecule has 0 amide bonds. The van der Waals surface area contributed by atoms with Crippen molar-refractivity contribution in [2.24, 2.45) is 0 Å². The molecule has 0 saturated carbocycles. The van der Waals surface area contributed by atoms with E-state index in [1.54, 1.807) is 43.4 Å². The molecular weight excluding hydrogens is 481 g/mol. The summed E-state index contributed by atoms with van der Waals surface area (Å²) in [6, 6.07) is 16.2. The fourth-order valence-corrected chi connectivity index (χ4v) is 3.53. The van der Waals surface area contributed by atoms with Gasteiger partial charge in [0, 0.05) is 18.7 Å². The largest absolute Gasteiger partial charge is 0.504 e. The summed E-state index contributed by atoms with van der Waals surface area (Å²) in [6.45, 7) is 0. The lowest BCUT2D eigenvalue weighted by Gasteiger charge is -2.10. The number of rotatable bonds is 6. The van der Waals surface area contributed by atoms with Gasteiger partial charge in [-0.1, -0.05) is 42.5 Å². The van der Waals surface area contributed by atoms with Gasteiger partial charge in [0.1, 0.15) is 0 Å². The average Bonchev–Trinajstić information content (AvgIpc) is 3.20. The van der Waals surface area contributed by atoms with Gasteiger partial charge < -0.3 is 19.6 Å². The fourth-order valence-electron chi connectivity index (χ4n) is 3.53. The maximum atomic E-state index is 12.9. The number of anilines is 1. The van der Waals surface area contributed by atoms with E-state index in [0.717, 1.165) is 6.07 Å². The Morgan fingerprint density at radius 1 is 1.03 bits per heavy atom. The van der Waals surface area contributed by atoms with Crippen molar-refractivity contribution in [3.63, 3.8) is 0 Å². The minimum atomic E-state index is -4.81. The first kappa shape index (κ1) is 24.3. The monoisotopic (exact) mass is 498 g/mol. The molecule has 0 atom stereocenters. The van der Waals surface area contributed by atoms with Crippen LogP contribution < -0.4 is 10.1 Å². The Hall–Kier alpha value is -4.80. The Labute approximate surface area is 201 Å². The van der Waals surface area contributed by atoms with Crippen LogP contribution in [0.25, 0.3) is 22.5 Å². The standard InChI is InChI=1S/C25H17F3N2O6/c1-29-23-20(21(31)22(36-23)14-6-3-2-4-7-14)15-8-5-9-16(12-15)24(32)35-19-11-10-17(25(26,27)28)13-18(19)30(33)34/h2-13,29,31H,1H3. The van der Waals surface area contributed by atoms with Crippen LogP contribution in [0.1, 0.15) is 15.9 Å². The number of esters is 1. The highest BCUT2D eigenvalue weighted by atomic mass is 19.4. The summed E-state index contributed by atoms with van der Waals surface area (Å²) in [5, 5.41) is 25.0. The molecule has 0 unspecified atom stereocenters. The van der Waals surface area contributed by atoms with Gasteiger partial charge in [0.15, 0.2) is 11.5 Å². The third-order valence-electron chi connectivity index (χ3n) is 5.22. The van der Waals surface area contributed by atoms with Gasteiger partial charge in [0.25, 0.3) is 0 Å². The molecule has 0 radical (unpaired) electrons. The zero-order valence-corrected chi connectivity index (χ0v) is 18.5. The molecule has 0 saturated heterocycles. The summed E-state index contributed by atoms with van der Waals surface area (Å²) in [5.41, 5.74) is -1.09. The SMILES string of the molecule is CNc1oc(-c2ccccc2)c(O)c1-c1cccc(C(=O)Oc2ccc(C(F)(F)F)cc2[N+](=O)[O-])c1. The van der Waals surface area contributed by atoms with Crippen molar-refractivity contribution in [1.82, 2.24) is 0 Å². The minimum Gasteiger partial charge on any atom is -0.504 e. The normalized spacial score (nSPS) is 11.2. The Morgan fingerprint density at radius 2 is 1.72 bits per heavy atom. The summed E-state index contributed by atoms with van der Waals surface area (Å²) in [4.78, 5) is 23.0. The highest BCUT2D eigenvalue weighted by Gasteiger charge is 2.34. The molecule has 11 heteroatoms. The summed E-state index contributed by atoms with van der Waals surface area (Å²) < 4.78 is 49.6. The second-order valence-electron chi connectivity index (χ2n) is 7.51. The van der Waals surface area contributed by atoms with Crippen molar-refractivity contribution in [1.29, 1.82) is 0 Å². The lowest BCUT2D eigenvalue weighted by atomic mass is 10.0. The van der Waals surface area contributed by atoms with Crippen LogP contribution in [0.5, 0.6) is 11.5 Å². The zero-order chi connectivity index (χ0) is 26.0. The van der Waals surface area contributed by atoms with Crippen LogP contribution >= 0.6 is 0 Å². The van der Waals surface area contributed by atoms with Gasteiger partial charge in [-0.15, -0.1) is 0 Å². The molecule has 4 aromatic rings. The lowest BCUT2D eigenvalue weighted by molar-refractivity contribution is -0.385. The molecular formula is C25H17F3N2O6. The molecule has 1 aromatic heterocycles. The first-order chi connectivity index (χ1) is 17.1. The third kappa shape index (κ3) is 4.71. The van der Waals surface area contributed by atoms with Crippen LogP contribution in [-0.2, 0) is 6.18 Å². The number of aromatic hydroxyl groups is 1. The van der Waals surface area contributed by atoms with Gasteiger partial charge in [0.2, 0.25) is 11.6 Å². The number of hydrogen-bond donors (Lipinski definition) is 2. The number of nitrogens with zero attached hydrogens (tertiary/aromatic N) is 1. The first-order valence-corrected chi connectivity index (χ1v) is 10.4. The van der Waals surface area contributed by atoms with E-state index in [1.165, 1.54) is 18.2 Å². The molecule has 0 fully saturated rings. The number of hydrogen-bond acceptors (Lipinski definition) is 7. The van der Waals surface area contributed by atoms with Gasteiger partial charge >= 0.3 is 17.8 Å². The predicted molar refractivity (Wildman–Crippen MR) is 124 cm³/mol. The van der Waals surface area contributed by atoms with Crippen LogP contribution in [0.2, 0.25) is 0 Å². The van der Waals surface area contributed by atoms with Crippen molar-refractivity contribution < 1.29 is 37.1 Å². The third-order valence-corrected chi connectivity index (χ3v) is 5.22. The highest BCUT2D eigenvalue weighted by molar-refractivity contribution is 5.95. The Morgan fingerprint density at radius 3 is 2.36 bits per heavy atom. The summed E-state index contributed by atoms with van der Waals surface area (Å²) in [6.07, 6.45) is -4.81. The Kier molecular flexibility index (Phi) is 6.39. The van der Waals surface area contributed by atoms with E-state index in [-0.39, 0.29) is 28.5 Å². The van der Waals surface area contributed by atoms with E-state index in [9.17, 15) is 33.2 Å². The smallest absolute Gasteiger partial charge is 0.416 e. The van der Waals surface area contributed by atoms with E-state index in [0.29, 0.717) is 23.3 Å². The number of benzene rings is 3. The molecule has 2 N–H and O–H groups in total. The maximum absolute atomic E-state index is 12.9. The predicted octanol–water partition coefficient (Wildman–Crippen LogP) is 6.51. The zero-order valence-electron chi connectivity index (χ0n) is 18.5. The second kappa shape index (κ2) is 9.45. The lowest BCUT2D eigenvalue weighted by Crippen LogP contribution is -2.11. The number of alkyl halides is 3. The van der Waals surface area contributed by atoms with E-state index in [1.807, 2.05) is 0 Å². The number of nitro groups is 1. The number of nitrogens with one attached hydrogen (secondary N) is 1. The van der Waals surface area contributed by atoms with E-state index in [4.69, 9.17) is 9.15 Å². The molecule has 0 spiro atoms. The molecule has 184 valence electrons. The fraction of sp³-hybridized carbons (Fsp3) is 0.0800. The van der Waals surface area contributed by atoms with Crippen molar-refractivity contribution in [2.45, 2.75) is 6.18 Å². The maximum Gasteiger partial charge on any atom is 0.416 e. The van der Waals surface area contributed by atoms with E-state index >= 15 is 0 Å². The van der Waals surface area contributed by atoms with Gasteiger partial charge in [-0.25, -0.2) is 4.79 Å². The molecule has 0 aliphatic heterocycles. The topological polar surface area (TPSA) is 115 Å². The van der Waals surface area contributed by atoms with Gasteiger partial charge in [-0.05, 0) is 29.8 Å². The molecule has 0 bridgehead atoms. The summed E-state index contributed by atoms with van der Waals surface area (Å²) >= 11 is 0.